The van der Waals surface area contributed by atoms with Crippen LogP contribution in [-0.4, -0.2) is 71.6 Å². The lowest BCUT2D eigenvalue weighted by molar-refractivity contribution is -0.143. The highest BCUT2D eigenvalue weighted by molar-refractivity contribution is 5.78. The molecule has 0 saturated carbocycles. The van der Waals surface area contributed by atoms with Gasteiger partial charge in [-0.25, -0.2) is 0 Å². The van der Waals surface area contributed by atoms with Crippen molar-refractivity contribution in [2.45, 2.75) is 31.8 Å². The molecule has 0 aromatic heterocycles. The summed E-state index contributed by atoms with van der Waals surface area (Å²) >= 11 is 0. The molecule has 2 unspecified atom stereocenters. The van der Waals surface area contributed by atoms with Crippen molar-refractivity contribution in [3.05, 3.63) is 0 Å². The van der Waals surface area contributed by atoms with Gasteiger partial charge in [0.25, 0.3) is 0 Å². The summed E-state index contributed by atoms with van der Waals surface area (Å²) in [6.45, 7) is 5.95. The molecule has 2 aliphatic rings. The monoisotopic (exact) mass is 255 g/mol. The van der Waals surface area contributed by atoms with Gasteiger partial charge in [0, 0.05) is 45.2 Å². The van der Waals surface area contributed by atoms with E-state index in [1.807, 2.05) is 4.90 Å². The number of carbonyl (C=O) groups excluding carboxylic acids is 1. The molecule has 2 atom stereocenters. The molecular formula is C12H21N3O3. The summed E-state index contributed by atoms with van der Waals surface area (Å²) in [5.41, 5.74) is 0. The van der Waals surface area contributed by atoms with Crippen molar-refractivity contribution < 1.29 is 14.7 Å². The zero-order valence-corrected chi connectivity index (χ0v) is 10.8. The molecule has 2 saturated heterocycles. The lowest BCUT2D eigenvalue weighted by Crippen LogP contribution is -2.53. The smallest absolute Gasteiger partial charge is 0.320 e. The molecule has 2 heterocycles. The number of nitrogens with zero attached hydrogens (tertiary/aromatic N) is 2. The molecule has 0 bridgehead atoms. The third-order valence-electron chi connectivity index (χ3n) is 3.88. The van der Waals surface area contributed by atoms with Crippen LogP contribution in [-0.2, 0) is 9.59 Å². The Bertz CT molecular complexity index is 327. The average Bonchev–Trinajstić information content (AvgIpc) is 2.75. The number of piperazine rings is 1. The molecule has 6 nitrogen and oxygen atoms in total. The van der Waals surface area contributed by atoms with Crippen molar-refractivity contribution in [3.63, 3.8) is 0 Å². The van der Waals surface area contributed by atoms with Crippen molar-refractivity contribution in [1.29, 1.82) is 0 Å². The van der Waals surface area contributed by atoms with Gasteiger partial charge in [-0.3, -0.25) is 19.4 Å². The van der Waals surface area contributed by atoms with Crippen molar-refractivity contribution in [1.82, 2.24) is 15.1 Å². The first kappa shape index (κ1) is 13.3. The number of hydrogen-bond donors (Lipinski definition) is 2. The first-order valence-corrected chi connectivity index (χ1v) is 6.55. The maximum absolute atomic E-state index is 11.1. The summed E-state index contributed by atoms with van der Waals surface area (Å²) in [4.78, 5) is 26.3. The van der Waals surface area contributed by atoms with Crippen molar-refractivity contribution in [3.8, 4) is 0 Å². The predicted octanol–water partition coefficient (Wildman–Crippen LogP) is -0.644. The zero-order chi connectivity index (χ0) is 13.1. The van der Waals surface area contributed by atoms with Gasteiger partial charge in [-0.1, -0.05) is 0 Å². The molecule has 1 amide bonds. The highest BCUT2D eigenvalue weighted by atomic mass is 16.4. The van der Waals surface area contributed by atoms with Crippen LogP contribution in [0, 0.1) is 0 Å². The van der Waals surface area contributed by atoms with Crippen LogP contribution in [0.3, 0.4) is 0 Å². The Kier molecular flexibility index (Phi) is 4.19. The lowest BCUT2D eigenvalue weighted by Gasteiger charge is -2.37. The number of carboxylic acids is 1. The number of carboxylic acid groups (broad SMARTS) is 1. The zero-order valence-electron chi connectivity index (χ0n) is 10.8. The van der Waals surface area contributed by atoms with Crippen LogP contribution in [0.1, 0.15) is 19.8 Å². The highest BCUT2D eigenvalue weighted by Crippen LogP contribution is 2.11. The summed E-state index contributed by atoms with van der Waals surface area (Å²) in [5.74, 6) is -0.607. The molecule has 0 aromatic rings. The van der Waals surface area contributed by atoms with E-state index >= 15 is 0 Å². The van der Waals surface area contributed by atoms with Crippen LogP contribution in [0.15, 0.2) is 0 Å². The minimum atomic E-state index is -0.758. The number of hydrogen-bond acceptors (Lipinski definition) is 4. The van der Waals surface area contributed by atoms with E-state index < -0.39 is 12.0 Å². The second kappa shape index (κ2) is 5.67. The Hall–Kier alpha value is -1.14. The summed E-state index contributed by atoms with van der Waals surface area (Å²) in [6, 6.07) is -0.126. The van der Waals surface area contributed by atoms with E-state index in [9.17, 15) is 9.59 Å². The number of carbonyl (C=O) groups is 2. The van der Waals surface area contributed by atoms with Gasteiger partial charge in [0.2, 0.25) is 5.91 Å². The Morgan fingerprint density at radius 2 is 2.11 bits per heavy atom. The van der Waals surface area contributed by atoms with E-state index in [0.29, 0.717) is 6.42 Å². The van der Waals surface area contributed by atoms with Crippen LogP contribution >= 0.6 is 0 Å². The predicted molar refractivity (Wildman–Crippen MR) is 66.3 cm³/mol. The quantitative estimate of drug-likeness (QED) is 0.699. The van der Waals surface area contributed by atoms with Crippen molar-refractivity contribution >= 4 is 11.9 Å². The number of rotatable bonds is 4. The molecule has 2 N–H and O–H groups in total. The molecule has 2 aliphatic heterocycles. The van der Waals surface area contributed by atoms with E-state index in [-0.39, 0.29) is 11.9 Å². The standard InChI is InChI=1S/C12H21N3O3/c1-9(12(17)18)15-6-4-14(5-7-15)8-10-2-3-11(16)13-10/h9-10H,2-8H2,1H3,(H,13,16)(H,17,18). The van der Waals surface area contributed by atoms with Gasteiger partial charge < -0.3 is 10.4 Å². The molecule has 102 valence electrons. The third kappa shape index (κ3) is 3.20. The summed E-state index contributed by atoms with van der Waals surface area (Å²) < 4.78 is 0. The molecular weight excluding hydrogens is 234 g/mol. The molecule has 0 aliphatic carbocycles. The Morgan fingerprint density at radius 3 is 2.61 bits per heavy atom. The molecule has 6 heteroatoms. The van der Waals surface area contributed by atoms with Crippen LogP contribution in [0.4, 0.5) is 0 Å². The second-order valence-corrected chi connectivity index (χ2v) is 5.15. The first-order chi connectivity index (χ1) is 8.56. The summed E-state index contributed by atoms with van der Waals surface area (Å²) in [5, 5.41) is 11.9. The molecule has 0 aromatic carbocycles. The topological polar surface area (TPSA) is 72.9 Å². The van der Waals surface area contributed by atoms with Gasteiger partial charge in [-0.05, 0) is 13.3 Å². The van der Waals surface area contributed by atoms with Crippen molar-refractivity contribution in [2.75, 3.05) is 32.7 Å². The van der Waals surface area contributed by atoms with Gasteiger partial charge in [-0.2, -0.15) is 0 Å². The van der Waals surface area contributed by atoms with Crippen LogP contribution < -0.4 is 5.32 Å². The summed E-state index contributed by atoms with van der Waals surface area (Å²) in [6.07, 6.45) is 1.56. The lowest BCUT2D eigenvalue weighted by atomic mass is 10.2. The number of amides is 1. The van der Waals surface area contributed by atoms with Gasteiger partial charge in [-0.15, -0.1) is 0 Å². The van der Waals surface area contributed by atoms with Crippen LogP contribution in [0.5, 0.6) is 0 Å². The first-order valence-electron chi connectivity index (χ1n) is 6.55. The fraction of sp³-hybridized carbons (Fsp3) is 0.833. The molecule has 18 heavy (non-hydrogen) atoms. The highest BCUT2D eigenvalue weighted by Gasteiger charge is 2.28. The van der Waals surface area contributed by atoms with Crippen LogP contribution in [0.2, 0.25) is 0 Å². The third-order valence-corrected chi connectivity index (χ3v) is 3.88. The Labute approximate surface area is 107 Å². The van der Waals surface area contributed by atoms with Gasteiger partial charge in [0.15, 0.2) is 0 Å². The molecule has 0 spiro atoms. The fourth-order valence-corrected chi connectivity index (χ4v) is 2.62. The summed E-state index contributed by atoms with van der Waals surface area (Å²) in [7, 11) is 0. The SMILES string of the molecule is CC(C(=O)O)N1CCN(CC2CCC(=O)N2)CC1. The average molecular weight is 255 g/mol. The van der Waals surface area contributed by atoms with E-state index in [1.165, 1.54) is 0 Å². The Balaban J connectivity index is 1.73. The van der Waals surface area contributed by atoms with Crippen molar-refractivity contribution in [2.24, 2.45) is 0 Å². The normalized spacial score (nSPS) is 28.1. The minimum Gasteiger partial charge on any atom is -0.480 e. The maximum Gasteiger partial charge on any atom is 0.320 e. The van der Waals surface area contributed by atoms with Gasteiger partial charge in [0.1, 0.15) is 6.04 Å². The van der Waals surface area contributed by atoms with Gasteiger partial charge >= 0.3 is 5.97 Å². The molecule has 2 rings (SSSR count). The molecule has 0 radical (unpaired) electrons. The maximum atomic E-state index is 11.1. The largest absolute Gasteiger partial charge is 0.480 e. The van der Waals surface area contributed by atoms with E-state index in [1.54, 1.807) is 6.92 Å². The Morgan fingerprint density at radius 1 is 1.44 bits per heavy atom. The fourth-order valence-electron chi connectivity index (χ4n) is 2.62. The van der Waals surface area contributed by atoms with E-state index in [2.05, 4.69) is 10.2 Å². The molecule has 2 fully saturated rings. The van der Waals surface area contributed by atoms with Crippen LogP contribution in [0.25, 0.3) is 0 Å². The number of aliphatic carboxylic acids is 1. The van der Waals surface area contributed by atoms with E-state index in [4.69, 9.17) is 5.11 Å². The minimum absolute atomic E-state index is 0.151. The number of nitrogens with one attached hydrogen (secondary N) is 1. The van der Waals surface area contributed by atoms with E-state index in [0.717, 1.165) is 39.1 Å². The second-order valence-electron chi connectivity index (χ2n) is 5.15. The van der Waals surface area contributed by atoms with Gasteiger partial charge in [0.05, 0.1) is 0 Å².